The third-order valence-electron chi connectivity index (χ3n) is 3.90. The molecular weight excluding hydrogens is 252 g/mol. The first-order valence-corrected chi connectivity index (χ1v) is 7.45. The minimum Gasteiger partial charge on any atom is -0.395 e. The fourth-order valence-electron chi connectivity index (χ4n) is 2.50. The van der Waals surface area contributed by atoms with Gasteiger partial charge in [-0.15, -0.1) is 0 Å². The molecule has 0 aromatic heterocycles. The molecule has 4 heteroatoms. The maximum atomic E-state index is 11.9. The van der Waals surface area contributed by atoms with Crippen LogP contribution in [0.15, 0.2) is 30.3 Å². The van der Waals surface area contributed by atoms with Crippen molar-refractivity contribution in [2.45, 2.75) is 31.7 Å². The van der Waals surface area contributed by atoms with Crippen molar-refractivity contribution in [2.75, 3.05) is 26.2 Å². The van der Waals surface area contributed by atoms with Gasteiger partial charge in [0.1, 0.15) is 0 Å². The Morgan fingerprint density at radius 1 is 1.30 bits per heavy atom. The molecule has 110 valence electrons. The van der Waals surface area contributed by atoms with Crippen molar-refractivity contribution in [1.82, 2.24) is 10.2 Å². The van der Waals surface area contributed by atoms with Gasteiger partial charge in [-0.05, 0) is 24.8 Å². The van der Waals surface area contributed by atoms with E-state index in [-0.39, 0.29) is 12.5 Å². The highest BCUT2D eigenvalue weighted by atomic mass is 16.3. The predicted molar refractivity (Wildman–Crippen MR) is 79.5 cm³/mol. The van der Waals surface area contributed by atoms with Crippen molar-refractivity contribution in [1.29, 1.82) is 0 Å². The van der Waals surface area contributed by atoms with Crippen LogP contribution in [-0.4, -0.2) is 48.2 Å². The zero-order chi connectivity index (χ0) is 14.2. The maximum absolute atomic E-state index is 11.9. The Morgan fingerprint density at radius 3 is 2.65 bits per heavy atom. The highest BCUT2D eigenvalue weighted by Crippen LogP contribution is 2.24. The van der Waals surface area contributed by atoms with Gasteiger partial charge in [0.05, 0.1) is 13.2 Å². The molecule has 4 nitrogen and oxygen atoms in total. The molecule has 1 aromatic rings. The number of hydrogen-bond acceptors (Lipinski definition) is 3. The van der Waals surface area contributed by atoms with Crippen LogP contribution in [0, 0.1) is 0 Å². The number of nitrogens with zero attached hydrogens (tertiary/aromatic N) is 1. The Hall–Kier alpha value is -1.39. The third kappa shape index (κ3) is 4.62. The second kappa shape index (κ2) is 8.02. The first kappa shape index (κ1) is 15.0. The van der Waals surface area contributed by atoms with Gasteiger partial charge in [-0.25, -0.2) is 0 Å². The molecule has 0 atom stereocenters. The van der Waals surface area contributed by atoms with E-state index in [1.807, 2.05) is 18.2 Å². The summed E-state index contributed by atoms with van der Waals surface area (Å²) in [5.41, 5.74) is 1.24. The minimum absolute atomic E-state index is 0.0567. The molecule has 0 spiro atoms. The molecular formula is C16H24N2O2. The number of aliphatic hydroxyl groups excluding tert-OH is 1. The lowest BCUT2D eigenvalue weighted by Crippen LogP contribution is -2.47. The van der Waals surface area contributed by atoms with Gasteiger partial charge < -0.3 is 10.4 Å². The molecule has 2 rings (SSSR count). The SMILES string of the molecule is O=C(CN(CCO)C1CCC1)NCCc1ccccc1. The molecule has 1 aliphatic rings. The van der Waals surface area contributed by atoms with Crippen LogP contribution in [0.3, 0.4) is 0 Å². The molecule has 0 bridgehead atoms. The maximum Gasteiger partial charge on any atom is 0.234 e. The van der Waals surface area contributed by atoms with Gasteiger partial charge in [0.2, 0.25) is 5.91 Å². The van der Waals surface area contributed by atoms with E-state index in [9.17, 15) is 4.79 Å². The van der Waals surface area contributed by atoms with Crippen molar-refractivity contribution < 1.29 is 9.90 Å². The number of rotatable bonds is 8. The monoisotopic (exact) mass is 276 g/mol. The third-order valence-corrected chi connectivity index (χ3v) is 3.90. The molecule has 0 unspecified atom stereocenters. The summed E-state index contributed by atoms with van der Waals surface area (Å²) in [6.45, 7) is 1.78. The zero-order valence-corrected chi connectivity index (χ0v) is 11.9. The molecule has 0 radical (unpaired) electrons. The van der Waals surface area contributed by atoms with E-state index >= 15 is 0 Å². The van der Waals surface area contributed by atoms with Crippen molar-refractivity contribution in [3.63, 3.8) is 0 Å². The zero-order valence-electron chi connectivity index (χ0n) is 11.9. The largest absolute Gasteiger partial charge is 0.395 e. The Bertz CT molecular complexity index is 404. The molecule has 0 aliphatic heterocycles. The molecule has 20 heavy (non-hydrogen) atoms. The van der Waals surface area contributed by atoms with Crippen molar-refractivity contribution in [3.8, 4) is 0 Å². The average molecular weight is 276 g/mol. The van der Waals surface area contributed by atoms with Crippen LogP contribution in [0.25, 0.3) is 0 Å². The summed E-state index contributed by atoms with van der Waals surface area (Å²) in [7, 11) is 0. The highest BCUT2D eigenvalue weighted by Gasteiger charge is 2.25. The van der Waals surface area contributed by atoms with Crippen LogP contribution in [0.2, 0.25) is 0 Å². The van der Waals surface area contributed by atoms with Crippen LogP contribution in [0.4, 0.5) is 0 Å². The molecule has 1 saturated carbocycles. The summed E-state index contributed by atoms with van der Waals surface area (Å²) in [5.74, 6) is 0.0567. The molecule has 1 amide bonds. The lowest BCUT2D eigenvalue weighted by atomic mass is 9.91. The molecule has 1 aliphatic carbocycles. The summed E-state index contributed by atoms with van der Waals surface area (Å²) < 4.78 is 0. The lowest BCUT2D eigenvalue weighted by Gasteiger charge is -2.36. The Morgan fingerprint density at radius 2 is 2.05 bits per heavy atom. The van der Waals surface area contributed by atoms with Gasteiger partial charge in [-0.2, -0.15) is 0 Å². The van der Waals surface area contributed by atoms with E-state index in [0.717, 1.165) is 19.3 Å². The van der Waals surface area contributed by atoms with Gasteiger partial charge in [0.15, 0.2) is 0 Å². The fraction of sp³-hybridized carbons (Fsp3) is 0.562. The smallest absolute Gasteiger partial charge is 0.234 e. The normalized spacial score (nSPS) is 15.1. The number of benzene rings is 1. The van der Waals surface area contributed by atoms with E-state index in [0.29, 0.717) is 25.7 Å². The number of hydrogen-bond donors (Lipinski definition) is 2. The number of carbonyl (C=O) groups is 1. The molecule has 1 fully saturated rings. The summed E-state index contributed by atoms with van der Waals surface area (Å²) in [5, 5.41) is 12.0. The minimum atomic E-state index is 0.0567. The van der Waals surface area contributed by atoms with E-state index in [2.05, 4.69) is 22.3 Å². The molecule has 0 heterocycles. The second-order valence-electron chi connectivity index (χ2n) is 5.36. The van der Waals surface area contributed by atoms with Crippen LogP contribution in [-0.2, 0) is 11.2 Å². The predicted octanol–water partition coefficient (Wildman–Crippen LogP) is 1.19. The Kier molecular flexibility index (Phi) is 6.02. The van der Waals surface area contributed by atoms with E-state index in [1.165, 1.54) is 12.0 Å². The van der Waals surface area contributed by atoms with Gasteiger partial charge in [-0.3, -0.25) is 9.69 Å². The first-order valence-electron chi connectivity index (χ1n) is 7.45. The van der Waals surface area contributed by atoms with E-state index < -0.39 is 0 Å². The number of nitrogens with one attached hydrogen (secondary N) is 1. The van der Waals surface area contributed by atoms with Gasteiger partial charge in [-0.1, -0.05) is 36.8 Å². The van der Waals surface area contributed by atoms with E-state index in [4.69, 9.17) is 5.11 Å². The Balaban J connectivity index is 1.68. The van der Waals surface area contributed by atoms with Crippen LogP contribution in [0.1, 0.15) is 24.8 Å². The summed E-state index contributed by atoms with van der Waals surface area (Å²) >= 11 is 0. The number of aliphatic hydroxyl groups is 1. The average Bonchev–Trinajstić information content (AvgIpc) is 2.38. The number of carbonyl (C=O) groups excluding carboxylic acids is 1. The highest BCUT2D eigenvalue weighted by molar-refractivity contribution is 5.78. The topological polar surface area (TPSA) is 52.6 Å². The molecule has 1 aromatic carbocycles. The van der Waals surface area contributed by atoms with Gasteiger partial charge in [0.25, 0.3) is 0 Å². The second-order valence-corrected chi connectivity index (χ2v) is 5.36. The summed E-state index contributed by atoms with van der Waals surface area (Å²) in [6, 6.07) is 10.6. The first-order chi connectivity index (χ1) is 9.79. The lowest BCUT2D eigenvalue weighted by molar-refractivity contribution is -0.123. The van der Waals surface area contributed by atoms with Crippen LogP contribution >= 0.6 is 0 Å². The molecule has 0 saturated heterocycles. The molecule has 2 N–H and O–H groups in total. The van der Waals surface area contributed by atoms with Gasteiger partial charge >= 0.3 is 0 Å². The quantitative estimate of drug-likeness (QED) is 0.750. The fourth-order valence-corrected chi connectivity index (χ4v) is 2.50. The van der Waals surface area contributed by atoms with Crippen LogP contribution in [0.5, 0.6) is 0 Å². The summed E-state index contributed by atoms with van der Waals surface area (Å²) in [6.07, 6.45) is 4.40. The van der Waals surface area contributed by atoms with E-state index in [1.54, 1.807) is 0 Å². The van der Waals surface area contributed by atoms with Crippen molar-refractivity contribution in [2.24, 2.45) is 0 Å². The van der Waals surface area contributed by atoms with Crippen molar-refractivity contribution in [3.05, 3.63) is 35.9 Å². The number of amides is 1. The van der Waals surface area contributed by atoms with Gasteiger partial charge in [0, 0.05) is 19.1 Å². The Labute approximate surface area is 120 Å². The van der Waals surface area contributed by atoms with Crippen LogP contribution < -0.4 is 5.32 Å². The summed E-state index contributed by atoms with van der Waals surface area (Å²) in [4.78, 5) is 14.0. The standard InChI is InChI=1S/C16H24N2O2/c19-12-11-18(15-7-4-8-15)13-16(20)17-10-9-14-5-2-1-3-6-14/h1-3,5-6,15,19H,4,7-13H2,(H,17,20). The van der Waals surface area contributed by atoms with Crippen molar-refractivity contribution >= 4 is 5.91 Å².